The average molecular weight is 236 g/mol. The van der Waals surface area contributed by atoms with Crippen LogP contribution >= 0.6 is 0 Å². The molecule has 3 N–H and O–H groups in total. The number of hydrogen-bond donors (Lipinski definition) is 2. The van der Waals surface area contributed by atoms with Gasteiger partial charge >= 0.3 is 0 Å². The molecule has 1 amide bonds. The number of nitrogens with two attached hydrogens (primary N) is 1. The van der Waals surface area contributed by atoms with Crippen molar-refractivity contribution in [2.45, 2.75) is 32.1 Å². The zero-order valence-electron chi connectivity index (χ0n) is 10.3. The normalized spacial score (nSPS) is 17.0. The maximum atomic E-state index is 12.1. The summed E-state index contributed by atoms with van der Waals surface area (Å²) in [5.74, 6) is 0.576. The van der Waals surface area contributed by atoms with Crippen molar-refractivity contribution in [3.63, 3.8) is 0 Å². The van der Waals surface area contributed by atoms with E-state index in [4.69, 9.17) is 5.73 Å². The van der Waals surface area contributed by atoms with Crippen LogP contribution in [-0.4, -0.2) is 34.6 Å². The highest BCUT2D eigenvalue weighted by molar-refractivity contribution is 5.96. The molecule has 2 rings (SSSR count). The molecule has 0 spiro atoms. The van der Waals surface area contributed by atoms with E-state index < -0.39 is 0 Å². The Morgan fingerprint density at radius 2 is 2.24 bits per heavy atom. The molecule has 0 saturated heterocycles. The highest BCUT2D eigenvalue weighted by Gasteiger charge is 2.21. The lowest BCUT2D eigenvalue weighted by atomic mass is 9.89. The Hall–Kier alpha value is -1.52. The molecule has 5 nitrogen and oxygen atoms in total. The molecule has 94 valence electrons. The van der Waals surface area contributed by atoms with Gasteiger partial charge in [0.25, 0.3) is 5.91 Å². The van der Waals surface area contributed by atoms with E-state index >= 15 is 0 Å². The van der Waals surface area contributed by atoms with Gasteiger partial charge in [0.15, 0.2) is 0 Å². The number of nitrogens with zero attached hydrogens (tertiary/aromatic N) is 2. The summed E-state index contributed by atoms with van der Waals surface area (Å²) < 4.78 is 0. The highest BCUT2D eigenvalue weighted by Crippen LogP contribution is 2.24. The van der Waals surface area contributed by atoms with Crippen molar-refractivity contribution in [2.75, 3.05) is 19.3 Å². The van der Waals surface area contributed by atoms with Crippen molar-refractivity contribution >= 4 is 11.6 Å². The average Bonchev–Trinajstić information content (AvgIpc) is 2.76. The molecule has 1 fully saturated rings. The van der Waals surface area contributed by atoms with Gasteiger partial charge in [-0.2, -0.15) is 5.10 Å². The van der Waals surface area contributed by atoms with Crippen LogP contribution in [0.15, 0.2) is 6.20 Å². The van der Waals surface area contributed by atoms with Crippen molar-refractivity contribution in [1.29, 1.82) is 0 Å². The molecular weight excluding hydrogens is 216 g/mol. The first kappa shape index (κ1) is 12.0. The van der Waals surface area contributed by atoms with E-state index in [0.29, 0.717) is 17.3 Å². The van der Waals surface area contributed by atoms with Crippen LogP contribution in [0.3, 0.4) is 0 Å². The maximum Gasteiger partial charge on any atom is 0.273 e. The number of amides is 1. The predicted molar refractivity (Wildman–Crippen MR) is 66.5 cm³/mol. The van der Waals surface area contributed by atoms with Gasteiger partial charge in [-0.05, 0) is 18.8 Å². The lowest BCUT2D eigenvalue weighted by molar-refractivity contribution is 0.0756. The molecule has 1 saturated carbocycles. The minimum Gasteiger partial charge on any atom is -0.396 e. The second-order valence-electron chi connectivity index (χ2n) is 4.89. The first-order valence-electron chi connectivity index (χ1n) is 6.23. The lowest BCUT2D eigenvalue weighted by Crippen LogP contribution is -2.33. The number of anilines is 1. The van der Waals surface area contributed by atoms with Crippen LogP contribution in [0.2, 0.25) is 0 Å². The van der Waals surface area contributed by atoms with Crippen molar-refractivity contribution < 1.29 is 4.79 Å². The van der Waals surface area contributed by atoms with Crippen LogP contribution in [0.25, 0.3) is 0 Å². The summed E-state index contributed by atoms with van der Waals surface area (Å²) in [4.78, 5) is 13.8. The van der Waals surface area contributed by atoms with Gasteiger partial charge in [0.1, 0.15) is 5.69 Å². The van der Waals surface area contributed by atoms with E-state index in [1.54, 1.807) is 4.90 Å². The molecule has 1 aromatic heterocycles. The van der Waals surface area contributed by atoms with E-state index in [0.717, 1.165) is 6.54 Å². The Kier molecular flexibility index (Phi) is 3.66. The fraction of sp³-hybridized carbons (Fsp3) is 0.667. The van der Waals surface area contributed by atoms with E-state index in [2.05, 4.69) is 10.2 Å². The summed E-state index contributed by atoms with van der Waals surface area (Å²) in [5, 5.41) is 6.43. The largest absolute Gasteiger partial charge is 0.396 e. The number of hydrogen-bond acceptors (Lipinski definition) is 3. The van der Waals surface area contributed by atoms with E-state index in [-0.39, 0.29) is 5.91 Å². The Labute approximate surface area is 101 Å². The number of carbonyl (C=O) groups excluding carboxylic acids is 1. The SMILES string of the molecule is CN(CC1CCCCC1)C(=O)c1[nH]ncc1N. The Balaban J connectivity index is 1.93. The topological polar surface area (TPSA) is 75.0 Å². The standard InChI is InChI=1S/C12H20N4O/c1-16(8-9-5-3-2-4-6-9)12(17)11-10(13)7-14-15-11/h7,9H,2-6,8,13H2,1H3,(H,14,15). The first-order valence-corrected chi connectivity index (χ1v) is 6.23. The summed E-state index contributed by atoms with van der Waals surface area (Å²) in [7, 11) is 1.83. The quantitative estimate of drug-likeness (QED) is 0.837. The number of nitrogens with one attached hydrogen (secondary N) is 1. The number of nitrogen functional groups attached to an aromatic ring is 1. The first-order chi connectivity index (χ1) is 8.18. The third-order valence-corrected chi connectivity index (χ3v) is 3.49. The molecular formula is C12H20N4O. The summed E-state index contributed by atoms with van der Waals surface area (Å²) in [6, 6.07) is 0. The van der Waals surface area contributed by atoms with Gasteiger partial charge in [-0.25, -0.2) is 0 Å². The van der Waals surface area contributed by atoms with Crippen LogP contribution < -0.4 is 5.73 Å². The van der Waals surface area contributed by atoms with Gasteiger partial charge in [-0.1, -0.05) is 19.3 Å². The molecule has 0 bridgehead atoms. The van der Waals surface area contributed by atoms with Gasteiger partial charge in [-0.15, -0.1) is 0 Å². The fourth-order valence-corrected chi connectivity index (χ4v) is 2.50. The van der Waals surface area contributed by atoms with Gasteiger partial charge < -0.3 is 10.6 Å². The molecule has 0 aliphatic heterocycles. The molecule has 1 aliphatic rings. The van der Waals surface area contributed by atoms with Gasteiger partial charge in [0.05, 0.1) is 11.9 Å². The zero-order valence-corrected chi connectivity index (χ0v) is 10.3. The van der Waals surface area contributed by atoms with E-state index in [9.17, 15) is 4.79 Å². The second kappa shape index (κ2) is 5.21. The molecule has 0 radical (unpaired) electrons. The summed E-state index contributed by atoms with van der Waals surface area (Å²) in [6.45, 7) is 0.817. The maximum absolute atomic E-state index is 12.1. The monoisotopic (exact) mass is 236 g/mol. The van der Waals surface area contributed by atoms with Crippen LogP contribution in [0.1, 0.15) is 42.6 Å². The molecule has 1 aliphatic carbocycles. The predicted octanol–water partition coefficient (Wildman–Crippen LogP) is 1.64. The van der Waals surface area contributed by atoms with Crippen molar-refractivity contribution in [1.82, 2.24) is 15.1 Å². The van der Waals surface area contributed by atoms with E-state index in [1.165, 1.54) is 38.3 Å². The van der Waals surface area contributed by atoms with Gasteiger partial charge in [-0.3, -0.25) is 9.89 Å². The zero-order chi connectivity index (χ0) is 12.3. The van der Waals surface area contributed by atoms with Crippen molar-refractivity contribution in [3.8, 4) is 0 Å². The smallest absolute Gasteiger partial charge is 0.273 e. The minimum absolute atomic E-state index is 0.0643. The second-order valence-corrected chi connectivity index (χ2v) is 4.89. The number of aromatic nitrogens is 2. The number of rotatable bonds is 3. The Bertz CT molecular complexity index is 382. The summed E-state index contributed by atoms with van der Waals surface area (Å²) >= 11 is 0. The molecule has 1 heterocycles. The van der Waals surface area contributed by atoms with Crippen LogP contribution in [0, 0.1) is 5.92 Å². The number of aromatic amines is 1. The molecule has 0 aromatic carbocycles. The molecule has 0 unspecified atom stereocenters. The molecule has 17 heavy (non-hydrogen) atoms. The molecule has 0 atom stereocenters. The van der Waals surface area contributed by atoms with Crippen LogP contribution in [-0.2, 0) is 0 Å². The van der Waals surface area contributed by atoms with E-state index in [1.807, 2.05) is 7.05 Å². The minimum atomic E-state index is -0.0643. The Morgan fingerprint density at radius 1 is 1.53 bits per heavy atom. The Morgan fingerprint density at radius 3 is 2.82 bits per heavy atom. The van der Waals surface area contributed by atoms with Crippen molar-refractivity contribution in [3.05, 3.63) is 11.9 Å². The van der Waals surface area contributed by atoms with Crippen molar-refractivity contribution in [2.24, 2.45) is 5.92 Å². The molecule has 5 heteroatoms. The summed E-state index contributed by atoms with van der Waals surface area (Å²) in [6.07, 6.45) is 7.85. The van der Waals surface area contributed by atoms with Crippen LogP contribution in [0.4, 0.5) is 5.69 Å². The van der Waals surface area contributed by atoms with Gasteiger partial charge in [0, 0.05) is 13.6 Å². The van der Waals surface area contributed by atoms with Gasteiger partial charge in [0.2, 0.25) is 0 Å². The number of H-pyrrole nitrogens is 1. The summed E-state index contributed by atoms with van der Waals surface area (Å²) in [5.41, 5.74) is 6.50. The lowest BCUT2D eigenvalue weighted by Gasteiger charge is -2.26. The highest BCUT2D eigenvalue weighted by atomic mass is 16.2. The number of carbonyl (C=O) groups is 1. The third kappa shape index (κ3) is 2.78. The fourth-order valence-electron chi connectivity index (χ4n) is 2.50. The molecule has 1 aromatic rings. The van der Waals surface area contributed by atoms with Crippen LogP contribution in [0.5, 0.6) is 0 Å². The third-order valence-electron chi connectivity index (χ3n) is 3.49.